The molecule has 2 aromatic heterocycles. The lowest BCUT2D eigenvalue weighted by molar-refractivity contribution is 0.457. The molecule has 7 heteroatoms. The lowest BCUT2D eigenvalue weighted by Crippen LogP contribution is -2.56. The van der Waals surface area contributed by atoms with E-state index in [-0.39, 0.29) is 5.75 Å². The SMILES string of the molecule is CCc1cc(N2CCS(=O)(=O)C(CC)(CC)C2)nc(-c2ccccn2)n1. The van der Waals surface area contributed by atoms with E-state index in [1.54, 1.807) is 6.20 Å². The van der Waals surface area contributed by atoms with Gasteiger partial charge in [-0.3, -0.25) is 4.98 Å². The van der Waals surface area contributed by atoms with Gasteiger partial charge in [-0.1, -0.05) is 26.8 Å². The van der Waals surface area contributed by atoms with E-state index in [9.17, 15) is 8.42 Å². The van der Waals surface area contributed by atoms with E-state index < -0.39 is 14.6 Å². The highest BCUT2D eigenvalue weighted by atomic mass is 32.2. The number of rotatable bonds is 5. The Balaban J connectivity index is 2.01. The van der Waals surface area contributed by atoms with Crippen molar-refractivity contribution in [2.24, 2.45) is 0 Å². The number of aromatic nitrogens is 3. The van der Waals surface area contributed by atoms with Crippen LogP contribution in [0.4, 0.5) is 5.82 Å². The van der Waals surface area contributed by atoms with Crippen LogP contribution in [-0.2, 0) is 16.3 Å². The second-order valence-electron chi connectivity index (χ2n) is 6.74. The molecule has 1 saturated heterocycles. The van der Waals surface area contributed by atoms with Gasteiger partial charge in [0.2, 0.25) is 0 Å². The third-order valence-electron chi connectivity index (χ3n) is 5.40. The van der Waals surface area contributed by atoms with Gasteiger partial charge in [0.15, 0.2) is 15.7 Å². The van der Waals surface area contributed by atoms with Crippen molar-refractivity contribution in [3.63, 3.8) is 0 Å². The van der Waals surface area contributed by atoms with E-state index >= 15 is 0 Å². The number of hydrogen-bond acceptors (Lipinski definition) is 6. The molecule has 6 nitrogen and oxygen atoms in total. The molecule has 0 atom stereocenters. The molecule has 3 rings (SSSR count). The maximum Gasteiger partial charge on any atom is 0.180 e. The third kappa shape index (κ3) is 3.32. The molecule has 0 N–H and O–H groups in total. The van der Waals surface area contributed by atoms with Crippen LogP contribution in [0.1, 0.15) is 39.3 Å². The van der Waals surface area contributed by atoms with Crippen molar-refractivity contribution < 1.29 is 8.42 Å². The van der Waals surface area contributed by atoms with Crippen molar-refractivity contribution in [2.75, 3.05) is 23.7 Å². The molecule has 140 valence electrons. The Labute approximate surface area is 155 Å². The molecule has 2 aromatic rings. The summed E-state index contributed by atoms with van der Waals surface area (Å²) in [7, 11) is -3.10. The smallest absolute Gasteiger partial charge is 0.180 e. The van der Waals surface area contributed by atoms with Crippen molar-refractivity contribution >= 4 is 15.7 Å². The van der Waals surface area contributed by atoms with Gasteiger partial charge < -0.3 is 4.90 Å². The Hall–Kier alpha value is -2.02. The summed E-state index contributed by atoms with van der Waals surface area (Å²) in [5, 5.41) is 0. The van der Waals surface area contributed by atoms with Crippen molar-refractivity contribution in [1.29, 1.82) is 0 Å². The summed E-state index contributed by atoms with van der Waals surface area (Å²) in [6.45, 7) is 6.91. The first-order valence-electron chi connectivity index (χ1n) is 9.21. The summed E-state index contributed by atoms with van der Waals surface area (Å²) < 4.78 is 24.7. The molecule has 1 aliphatic heterocycles. The summed E-state index contributed by atoms with van der Waals surface area (Å²) in [6.07, 6.45) is 3.74. The van der Waals surface area contributed by atoms with E-state index in [0.717, 1.165) is 23.6 Å². The Kier molecular flexibility index (Phi) is 5.27. The Morgan fingerprint density at radius 1 is 1.15 bits per heavy atom. The minimum absolute atomic E-state index is 0.166. The summed E-state index contributed by atoms with van der Waals surface area (Å²) in [5.41, 5.74) is 1.66. The number of hydrogen-bond donors (Lipinski definition) is 0. The van der Waals surface area contributed by atoms with Gasteiger partial charge in [0.05, 0.1) is 10.5 Å². The fourth-order valence-electron chi connectivity index (χ4n) is 3.52. The highest BCUT2D eigenvalue weighted by Crippen LogP contribution is 2.33. The number of pyridine rings is 1. The van der Waals surface area contributed by atoms with Crippen LogP contribution >= 0.6 is 0 Å². The van der Waals surface area contributed by atoms with Gasteiger partial charge in [0.25, 0.3) is 0 Å². The third-order valence-corrected chi connectivity index (χ3v) is 8.15. The minimum Gasteiger partial charge on any atom is -0.354 e. The maximum absolute atomic E-state index is 12.7. The summed E-state index contributed by atoms with van der Waals surface area (Å²) in [5.74, 6) is 1.55. The molecule has 0 aromatic carbocycles. The van der Waals surface area contributed by atoms with Crippen LogP contribution in [0.5, 0.6) is 0 Å². The molecule has 0 saturated carbocycles. The first kappa shape index (κ1) is 18.8. The van der Waals surface area contributed by atoms with E-state index in [1.807, 2.05) is 38.1 Å². The molecule has 0 unspecified atom stereocenters. The van der Waals surface area contributed by atoms with Gasteiger partial charge in [-0.05, 0) is 31.4 Å². The first-order chi connectivity index (χ1) is 12.4. The second-order valence-corrected chi connectivity index (χ2v) is 9.24. The normalized spacial score (nSPS) is 18.7. The molecule has 3 heterocycles. The molecule has 1 fully saturated rings. The standard InChI is InChI=1S/C19H26N4O2S/c1-4-15-13-17(22-18(21-15)16-9-7-8-10-20-16)23-11-12-26(24,25)19(5-2,6-3)14-23/h7-10,13H,4-6,11-12,14H2,1-3H3. The number of aryl methyl sites for hydroxylation is 1. The summed E-state index contributed by atoms with van der Waals surface area (Å²) in [6, 6.07) is 7.64. The molecular weight excluding hydrogens is 348 g/mol. The largest absolute Gasteiger partial charge is 0.354 e. The lowest BCUT2D eigenvalue weighted by Gasteiger charge is -2.42. The molecule has 26 heavy (non-hydrogen) atoms. The summed E-state index contributed by atoms with van der Waals surface area (Å²) in [4.78, 5) is 15.8. The molecule has 1 aliphatic rings. The average Bonchev–Trinajstić information content (AvgIpc) is 2.68. The molecule has 0 radical (unpaired) electrons. The molecule has 0 amide bonds. The van der Waals surface area contributed by atoms with Crippen LogP contribution < -0.4 is 4.90 Å². The lowest BCUT2D eigenvalue weighted by atomic mass is 10.0. The zero-order chi connectivity index (χ0) is 18.8. The molecule has 0 aliphatic carbocycles. The van der Waals surface area contributed by atoms with Gasteiger partial charge >= 0.3 is 0 Å². The van der Waals surface area contributed by atoms with Gasteiger partial charge in [0.1, 0.15) is 11.5 Å². The highest BCUT2D eigenvalue weighted by molar-refractivity contribution is 7.92. The highest BCUT2D eigenvalue weighted by Gasteiger charge is 2.45. The van der Waals surface area contributed by atoms with Crippen molar-refractivity contribution in [1.82, 2.24) is 15.0 Å². The zero-order valence-electron chi connectivity index (χ0n) is 15.6. The van der Waals surface area contributed by atoms with Crippen LogP contribution in [0.25, 0.3) is 11.5 Å². The monoisotopic (exact) mass is 374 g/mol. The number of sulfone groups is 1. The van der Waals surface area contributed by atoms with Crippen molar-refractivity contribution in [3.8, 4) is 11.5 Å². The minimum atomic E-state index is -3.10. The fourth-order valence-corrected chi connectivity index (χ4v) is 5.64. The van der Waals surface area contributed by atoms with Crippen LogP contribution in [-0.4, -0.2) is 47.0 Å². The van der Waals surface area contributed by atoms with E-state index in [2.05, 4.69) is 21.8 Å². The van der Waals surface area contributed by atoms with Crippen LogP contribution in [0.15, 0.2) is 30.5 Å². The van der Waals surface area contributed by atoms with Gasteiger partial charge in [0, 0.05) is 31.0 Å². The topological polar surface area (TPSA) is 76.1 Å². The van der Waals surface area contributed by atoms with E-state index in [1.165, 1.54) is 0 Å². The van der Waals surface area contributed by atoms with Gasteiger partial charge in [-0.15, -0.1) is 0 Å². The fraction of sp³-hybridized carbons (Fsp3) is 0.526. The van der Waals surface area contributed by atoms with E-state index in [4.69, 9.17) is 4.98 Å². The Morgan fingerprint density at radius 3 is 2.54 bits per heavy atom. The van der Waals surface area contributed by atoms with Crippen LogP contribution in [0.2, 0.25) is 0 Å². The van der Waals surface area contributed by atoms with Gasteiger partial charge in [-0.2, -0.15) is 0 Å². The second kappa shape index (κ2) is 7.31. The first-order valence-corrected chi connectivity index (χ1v) is 10.9. The van der Waals surface area contributed by atoms with Crippen LogP contribution in [0.3, 0.4) is 0 Å². The van der Waals surface area contributed by atoms with Crippen LogP contribution in [0, 0.1) is 0 Å². The maximum atomic E-state index is 12.7. The van der Waals surface area contributed by atoms with Gasteiger partial charge in [-0.25, -0.2) is 18.4 Å². The predicted molar refractivity (Wildman–Crippen MR) is 104 cm³/mol. The van der Waals surface area contributed by atoms with Crippen molar-refractivity contribution in [3.05, 3.63) is 36.2 Å². The number of nitrogens with zero attached hydrogens (tertiary/aromatic N) is 4. The average molecular weight is 375 g/mol. The predicted octanol–water partition coefficient (Wildman–Crippen LogP) is 2.89. The van der Waals surface area contributed by atoms with E-state index in [0.29, 0.717) is 31.8 Å². The Morgan fingerprint density at radius 2 is 1.92 bits per heavy atom. The summed E-state index contributed by atoms with van der Waals surface area (Å²) >= 11 is 0. The quantitative estimate of drug-likeness (QED) is 0.801. The van der Waals surface area contributed by atoms with Crippen molar-refractivity contribution in [2.45, 2.75) is 44.8 Å². The molecule has 0 bridgehead atoms. The Bertz CT molecular complexity index is 864. The molecule has 0 spiro atoms. The molecular formula is C19H26N4O2S. The number of anilines is 1. The zero-order valence-corrected chi connectivity index (χ0v) is 16.5.